The van der Waals surface area contributed by atoms with Crippen LogP contribution < -0.4 is 11.2 Å². The van der Waals surface area contributed by atoms with E-state index in [2.05, 4.69) is 11.1 Å². The number of hydrogen-bond donors (Lipinski definition) is 1. The van der Waals surface area contributed by atoms with Crippen molar-refractivity contribution in [2.24, 2.45) is 0 Å². The zero-order valence-corrected chi connectivity index (χ0v) is 12.4. The van der Waals surface area contributed by atoms with Gasteiger partial charge in [0.25, 0.3) is 5.56 Å². The van der Waals surface area contributed by atoms with Crippen molar-refractivity contribution >= 4 is 21.6 Å². The van der Waals surface area contributed by atoms with Gasteiger partial charge in [-0.25, -0.2) is 9.36 Å². The summed E-state index contributed by atoms with van der Waals surface area (Å²) in [6, 6.07) is 9.90. The summed E-state index contributed by atoms with van der Waals surface area (Å²) in [5.41, 5.74) is 2.30. The Morgan fingerprint density at radius 2 is 2.09 bits per heavy atom. The van der Waals surface area contributed by atoms with Crippen molar-refractivity contribution < 1.29 is 0 Å². The summed E-state index contributed by atoms with van der Waals surface area (Å²) in [4.78, 5) is 29.1. The number of fused-ring (bicyclic) bond motifs is 5. The van der Waals surface area contributed by atoms with Gasteiger partial charge in [-0.2, -0.15) is 5.26 Å². The van der Waals surface area contributed by atoms with Crippen molar-refractivity contribution in [3.63, 3.8) is 0 Å². The van der Waals surface area contributed by atoms with E-state index >= 15 is 0 Å². The quantitative estimate of drug-likeness (QED) is 0.747. The Morgan fingerprint density at radius 1 is 1.27 bits per heavy atom. The third-order valence-corrected chi connectivity index (χ3v) is 5.21. The molecule has 2 heterocycles. The van der Waals surface area contributed by atoms with E-state index in [9.17, 15) is 9.59 Å². The smallest absolute Gasteiger partial charge is 0.298 e. The lowest BCUT2D eigenvalue weighted by molar-refractivity contribution is 0.737. The standard InChI is InChI=1S/C16H11N3O2S/c17-7-8-19-15(20)13-12-10-4-2-1-3-9(10)5-6-11(12)22-14(13)18-16(19)21/h1-4H,5-6,8H2,(H,18,21). The average molecular weight is 309 g/mol. The molecule has 0 saturated carbocycles. The molecule has 108 valence electrons. The first-order chi connectivity index (χ1) is 10.7. The SMILES string of the molecule is N#CCn1c(=O)[nH]c2sc3c(c2c1=O)-c1ccccc1CC3. The van der Waals surface area contributed by atoms with Crippen LogP contribution in [0, 0.1) is 11.3 Å². The number of nitriles is 1. The van der Waals surface area contributed by atoms with Gasteiger partial charge in [-0.15, -0.1) is 11.3 Å². The largest absolute Gasteiger partial charge is 0.330 e. The van der Waals surface area contributed by atoms with Crippen LogP contribution in [0.25, 0.3) is 21.3 Å². The second kappa shape index (κ2) is 4.68. The van der Waals surface area contributed by atoms with Crippen LogP contribution in [0.4, 0.5) is 0 Å². The molecule has 0 radical (unpaired) electrons. The molecule has 1 aliphatic carbocycles. The molecule has 5 nitrogen and oxygen atoms in total. The van der Waals surface area contributed by atoms with Crippen LogP contribution >= 0.6 is 11.3 Å². The van der Waals surface area contributed by atoms with Crippen molar-refractivity contribution in [3.8, 4) is 17.2 Å². The molecule has 6 heteroatoms. The van der Waals surface area contributed by atoms with Gasteiger partial charge in [0.1, 0.15) is 11.4 Å². The molecule has 1 N–H and O–H groups in total. The summed E-state index contributed by atoms with van der Waals surface area (Å²) in [5.74, 6) is 0. The number of hydrogen-bond acceptors (Lipinski definition) is 4. The Morgan fingerprint density at radius 3 is 2.91 bits per heavy atom. The minimum atomic E-state index is -0.522. The molecule has 0 aliphatic heterocycles. The van der Waals surface area contributed by atoms with E-state index in [-0.39, 0.29) is 12.1 Å². The van der Waals surface area contributed by atoms with Gasteiger partial charge in [-0.1, -0.05) is 24.3 Å². The van der Waals surface area contributed by atoms with E-state index in [1.54, 1.807) is 0 Å². The molecule has 2 aromatic heterocycles. The molecule has 0 unspecified atom stereocenters. The van der Waals surface area contributed by atoms with Crippen LogP contribution in [0.2, 0.25) is 0 Å². The lowest BCUT2D eigenvalue weighted by atomic mass is 9.89. The number of thiophene rings is 1. The van der Waals surface area contributed by atoms with Gasteiger partial charge in [0.2, 0.25) is 0 Å². The van der Waals surface area contributed by atoms with E-state index < -0.39 is 5.69 Å². The Balaban J connectivity index is 2.16. The molecule has 0 spiro atoms. The van der Waals surface area contributed by atoms with Gasteiger partial charge in [-0.05, 0) is 24.0 Å². The third kappa shape index (κ3) is 1.69. The van der Waals surface area contributed by atoms with Gasteiger partial charge in [-0.3, -0.25) is 9.78 Å². The van der Waals surface area contributed by atoms with Crippen LogP contribution in [0.5, 0.6) is 0 Å². The number of benzene rings is 1. The van der Waals surface area contributed by atoms with Crippen LogP contribution in [-0.4, -0.2) is 9.55 Å². The Hall–Kier alpha value is -2.65. The number of H-pyrrole nitrogens is 1. The maximum atomic E-state index is 12.7. The molecule has 0 atom stereocenters. The highest BCUT2D eigenvalue weighted by Crippen LogP contribution is 2.41. The maximum Gasteiger partial charge on any atom is 0.330 e. The molecule has 0 amide bonds. The summed E-state index contributed by atoms with van der Waals surface area (Å²) in [5, 5.41) is 9.36. The average Bonchev–Trinajstić information content (AvgIpc) is 2.90. The van der Waals surface area contributed by atoms with Gasteiger partial charge in [0.15, 0.2) is 0 Å². The fourth-order valence-corrected chi connectivity index (χ4v) is 4.26. The maximum absolute atomic E-state index is 12.7. The van der Waals surface area contributed by atoms with Crippen molar-refractivity contribution in [1.29, 1.82) is 5.26 Å². The second-order valence-corrected chi connectivity index (χ2v) is 6.35. The van der Waals surface area contributed by atoms with Crippen molar-refractivity contribution in [2.45, 2.75) is 19.4 Å². The number of rotatable bonds is 1. The number of nitrogens with zero attached hydrogens (tertiary/aromatic N) is 2. The highest BCUT2D eigenvalue weighted by Gasteiger charge is 2.24. The molecule has 3 aromatic rings. The fraction of sp³-hybridized carbons (Fsp3) is 0.188. The Kier molecular flexibility index (Phi) is 2.78. The van der Waals surface area contributed by atoms with Gasteiger partial charge in [0, 0.05) is 10.4 Å². The normalized spacial score (nSPS) is 12.7. The van der Waals surface area contributed by atoms with E-state index in [4.69, 9.17) is 5.26 Å². The molecular formula is C16H11N3O2S. The second-order valence-electron chi connectivity index (χ2n) is 5.24. The Labute approximate surface area is 129 Å². The molecule has 0 fully saturated rings. The summed E-state index contributed by atoms with van der Waals surface area (Å²) in [6.45, 7) is -0.240. The number of aromatic nitrogens is 2. The third-order valence-electron chi connectivity index (χ3n) is 4.04. The van der Waals surface area contributed by atoms with E-state index in [1.165, 1.54) is 16.9 Å². The molecule has 4 rings (SSSR count). The van der Waals surface area contributed by atoms with Crippen LogP contribution in [0.15, 0.2) is 33.9 Å². The fourth-order valence-electron chi connectivity index (χ4n) is 3.07. The van der Waals surface area contributed by atoms with E-state index in [0.29, 0.717) is 10.2 Å². The minimum Gasteiger partial charge on any atom is -0.298 e. The monoisotopic (exact) mass is 309 g/mol. The zero-order valence-electron chi connectivity index (χ0n) is 11.5. The number of aromatic amines is 1. The molecule has 0 bridgehead atoms. The first-order valence-electron chi connectivity index (χ1n) is 6.94. The molecule has 1 aliphatic rings. The van der Waals surface area contributed by atoms with Gasteiger partial charge in [0.05, 0.1) is 11.5 Å². The summed E-state index contributed by atoms with van der Waals surface area (Å²) in [7, 11) is 0. The molecule has 22 heavy (non-hydrogen) atoms. The first-order valence-corrected chi connectivity index (χ1v) is 7.76. The molecule has 1 aromatic carbocycles. The van der Waals surface area contributed by atoms with Crippen molar-refractivity contribution in [1.82, 2.24) is 9.55 Å². The van der Waals surface area contributed by atoms with Gasteiger partial charge >= 0.3 is 5.69 Å². The van der Waals surface area contributed by atoms with Gasteiger partial charge < -0.3 is 0 Å². The van der Waals surface area contributed by atoms with Crippen LogP contribution in [-0.2, 0) is 19.4 Å². The Bertz CT molecular complexity index is 1070. The first kappa shape index (κ1) is 13.0. The van der Waals surface area contributed by atoms with Crippen LogP contribution in [0.3, 0.4) is 0 Å². The van der Waals surface area contributed by atoms with Crippen molar-refractivity contribution in [2.75, 3.05) is 0 Å². The van der Waals surface area contributed by atoms with E-state index in [0.717, 1.165) is 33.4 Å². The lowest BCUT2D eigenvalue weighted by Crippen LogP contribution is -2.34. The van der Waals surface area contributed by atoms with E-state index in [1.807, 2.05) is 24.3 Å². The predicted molar refractivity (Wildman–Crippen MR) is 85.2 cm³/mol. The highest BCUT2D eigenvalue weighted by molar-refractivity contribution is 7.19. The minimum absolute atomic E-state index is 0.240. The molecule has 0 saturated heterocycles. The summed E-state index contributed by atoms with van der Waals surface area (Å²) < 4.78 is 0.965. The number of nitrogens with one attached hydrogen (secondary N) is 1. The lowest BCUT2D eigenvalue weighted by Gasteiger charge is -2.16. The molecular weight excluding hydrogens is 298 g/mol. The predicted octanol–water partition coefficient (Wildman–Crippen LogP) is 2.04. The topological polar surface area (TPSA) is 78.7 Å². The van der Waals surface area contributed by atoms with Crippen molar-refractivity contribution in [3.05, 3.63) is 55.5 Å². The summed E-state index contributed by atoms with van der Waals surface area (Å²) >= 11 is 1.47. The number of aryl methyl sites for hydroxylation is 2. The zero-order chi connectivity index (χ0) is 15.3. The van der Waals surface area contributed by atoms with Crippen LogP contribution in [0.1, 0.15) is 10.4 Å². The summed E-state index contributed by atoms with van der Waals surface area (Å²) in [6.07, 6.45) is 1.80. The highest BCUT2D eigenvalue weighted by atomic mass is 32.1.